The van der Waals surface area contributed by atoms with Crippen LogP contribution in [0.1, 0.15) is 25.8 Å². The average Bonchev–Trinajstić information content (AvgIpc) is 2.82. The summed E-state index contributed by atoms with van der Waals surface area (Å²) >= 11 is 17.6. The highest BCUT2D eigenvalue weighted by Crippen LogP contribution is 2.50. The zero-order chi connectivity index (χ0) is 26.9. The Morgan fingerprint density at radius 3 is 2.39 bits per heavy atom. The molecule has 1 heterocycles. The van der Waals surface area contributed by atoms with Gasteiger partial charge in [-0.2, -0.15) is 0 Å². The Morgan fingerprint density at radius 1 is 1.22 bits per heavy atom. The van der Waals surface area contributed by atoms with Crippen molar-refractivity contribution in [2.45, 2.75) is 66.4 Å². The van der Waals surface area contributed by atoms with Gasteiger partial charge in [0.05, 0.1) is 18.1 Å². The van der Waals surface area contributed by atoms with Gasteiger partial charge in [0, 0.05) is 21.1 Å². The van der Waals surface area contributed by atoms with Crippen LogP contribution in [0.15, 0.2) is 30.3 Å². The van der Waals surface area contributed by atoms with Gasteiger partial charge in [-0.3, -0.25) is 9.59 Å². The van der Waals surface area contributed by atoms with E-state index in [2.05, 4.69) is 5.32 Å². The summed E-state index contributed by atoms with van der Waals surface area (Å²) in [5.41, 5.74) is -2.52. The number of aliphatic hydroxyl groups is 1. The Bertz CT molecular complexity index is 975. The third kappa shape index (κ3) is 5.45. The maximum absolute atomic E-state index is 13.1. The van der Waals surface area contributed by atoms with E-state index in [0.29, 0.717) is 0 Å². The van der Waals surface area contributed by atoms with E-state index in [0.717, 1.165) is 12.5 Å². The van der Waals surface area contributed by atoms with Gasteiger partial charge >= 0.3 is 11.9 Å². The van der Waals surface area contributed by atoms with Crippen LogP contribution in [-0.4, -0.2) is 76.7 Å². The van der Waals surface area contributed by atoms with E-state index in [1.54, 1.807) is 31.2 Å². The summed E-state index contributed by atoms with van der Waals surface area (Å²) in [6.07, 6.45) is -5.95. The largest absolute Gasteiger partial charge is 0.448 e. The topological polar surface area (TPSA) is 130 Å². The highest BCUT2D eigenvalue weighted by Gasteiger charge is 2.71. The van der Waals surface area contributed by atoms with Crippen LogP contribution in [0.5, 0.6) is 0 Å². The van der Waals surface area contributed by atoms with Crippen molar-refractivity contribution in [3.8, 4) is 0 Å². The van der Waals surface area contributed by atoms with Gasteiger partial charge in [-0.15, -0.1) is 0 Å². The Hall–Kier alpha value is -1.66. The van der Waals surface area contributed by atoms with E-state index in [4.69, 9.17) is 58.5 Å². The Morgan fingerprint density at radius 2 is 1.86 bits per heavy atom. The first-order valence-corrected chi connectivity index (χ1v) is 12.1. The van der Waals surface area contributed by atoms with Crippen LogP contribution in [0.2, 0.25) is 0 Å². The molecule has 7 atom stereocenters. The first-order valence-electron chi connectivity index (χ1n) is 11.0. The van der Waals surface area contributed by atoms with Crippen molar-refractivity contribution in [1.29, 1.82) is 0 Å². The molecular weight excluding hydrogens is 541 g/mol. The number of benzene rings is 1. The van der Waals surface area contributed by atoms with Crippen LogP contribution >= 0.6 is 34.8 Å². The molecule has 1 aliphatic heterocycles. The van der Waals surface area contributed by atoms with Crippen LogP contribution in [-0.2, 0) is 44.7 Å². The van der Waals surface area contributed by atoms with Gasteiger partial charge < -0.3 is 34.1 Å². The summed E-state index contributed by atoms with van der Waals surface area (Å²) in [5, 5.41) is 14.1. The fourth-order valence-electron chi connectivity index (χ4n) is 4.85. The second-order valence-corrected chi connectivity index (χ2v) is 11.2. The van der Waals surface area contributed by atoms with Gasteiger partial charge in [0.25, 0.3) is 9.70 Å². The summed E-state index contributed by atoms with van der Waals surface area (Å²) < 4.78 is 25.6. The molecule has 1 aromatic rings. The number of carbonyl (C=O) groups is 3. The molecule has 10 nitrogen and oxygen atoms in total. The van der Waals surface area contributed by atoms with E-state index in [1.165, 1.54) is 14.2 Å². The monoisotopic (exact) mass is 567 g/mol. The number of methoxy groups -OCH3 is 2. The molecule has 1 amide bonds. The van der Waals surface area contributed by atoms with Crippen molar-refractivity contribution < 1.29 is 43.2 Å². The lowest BCUT2D eigenvalue weighted by atomic mass is 9.60. The van der Waals surface area contributed by atoms with Crippen LogP contribution in [0.25, 0.3) is 0 Å². The number of ether oxygens (including phenoxy) is 5. The predicted octanol–water partition coefficient (Wildman–Crippen LogP) is 2.04. The van der Waals surface area contributed by atoms with Gasteiger partial charge in [-0.05, 0) is 18.9 Å². The maximum atomic E-state index is 13.1. The number of fused-ring (bicyclic) bond motifs is 1. The number of esters is 2. The molecule has 0 unspecified atom stereocenters. The lowest BCUT2D eigenvalue weighted by molar-refractivity contribution is -0.296. The maximum Gasteiger partial charge on any atom is 0.352 e. The minimum atomic E-state index is -2.47. The number of alkyl halides is 3. The van der Waals surface area contributed by atoms with Gasteiger partial charge in [-0.25, -0.2) is 4.79 Å². The highest BCUT2D eigenvalue weighted by atomic mass is 35.6. The minimum absolute atomic E-state index is 0.0282. The van der Waals surface area contributed by atoms with E-state index >= 15 is 0 Å². The summed E-state index contributed by atoms with van der Waals surface area (Å²) in [7, 11) is 2.69. The van der Waals surface area contributed by atoms with Crippen molar-refractivity contribution in [3.05, 3.63) is 35.9 Å². The van der Waals surface area contributed by atoms with Gasteiger partial charge in [0.1, 0.15) is 17.7 Å². The molecule has 1 saturated heterocycles. The Balaban J connectivity index is 2.23. The van der Waals surface area contributed by atoms with Gasteiger partial charge in [0.15, 0.2) is 0 Å². The molecule has 13 heteroatoms. The number of cyclic esters (lactones) is 1. The van der Waals surface area contributed by atoms with Crippen LogP contribution in [0.3, 0.4) is 0 Å². The second kappa shape index (κ2) is 11.0. The SMILES string of the molecule is CO[C@H]1OC(=O)[C@@H](OC(C)=O)[C@@]2(NC(=O)C(Cl)(Cl)Cl)[C@@H]1C[C@@](C)(OC)[C@H](O)[C@H]2OCc1ccccc1. The summed E-state index contributed by atoms with van der Waals surface area (Å²) in [6.45, 7) is 2.65. The van der Waals surface area contributed by atoms with Crippen LogP contribution < -0.4 is 5.32 Å². The molecular formula is C23H28Cl3NO9. The number of hydrogen-bond acceptors (Lipinski definition) is 9. The lowest BCUT2D eigenvalue weighted by Crippen LogP contribution is -2.82. The van der Waals surface area contributed by atoms with Crippen molar-refractivity contribution >= 4 is 52.6 Å². The minimum Gasteiger partial charge on any atom is -0.448 e. The fraction of sp³-hybridized carbons (Fsp3) is 0.609. The molecule has 0 aromatic heterocycles. The number of amides is 1. The molecule has 0 radical (unpaired) electrons. The van der Waals surface area contributed by atoms with E-state index in [1.807, 2.05) is 6.07 Å². The van der Waals surface area contributed by atoms with Crippen molar-refractivity contribution in [2.75, 3.05) is 14.2 Å². The highest BCUT2D eigenvalue weighted by molar-refractivity contribution is 6.76. The molecule has 200 valence electrons. The van der Waals surface area contributed by atoms with E-state index in [-0.39, 0.29) is 13.0 Å². The summed E-state index contributed by atoms with van der Waals surface area (Å²) in [4.78, 5) is 38.3. The lowest BCUT2D eigenvalue weighted by Gasteiger charge is -2.60. The van der Waals surface area contributed by atoms with Crippen LogP contribution in [0.4, 0.5) is 0 Å². The van der Waals surface area contributed by atoms with Crippen LogP contribution in [0, 0.1) is 5.92 Å². The fourth-order valence-corrected chi connectivity index (χ4v) is 4.99. The normalized spacial score (nSPS) is 34.3. The van der Waals surface area contributed by atoms with E-state index in [9.17, 15) is 19.5 Å². The predicted molar refractivity (Wildman–Crippen MR) is 128 cm³/mol. The standard InChI is InChI=1S/C23H28Cl3NO9/c1-12(28)35-17-18(30)36-19(32-3)14-10-21(2,33-4)15(29)16(34-11-13-8-6-5-7-9-13)22(14,17)27-20(31)23(24,25)26/h5-9,14-17,19,29H,10-11H2,1-4H3,(H,27,31)/t14-,15-,16-,17-,19+,21-,22-/m1/s1. The Kier molecular flexibility index (Phi) is 8.82. The first-order chi connectivity index (χ1) is 16.8. The zero-order valence-corrected chi connectivity index (χ0v) is 22.3. The molecule has 3 rings (SSSR count). The molecule has 1 aliphatic carbocycles. The molecule has 0 spiro atoms. The van der Waals surface area contributed by atoms with E-state index < -0.39 is 63.3 Å². The van der Waals surface area contributed by atoms with Gasteiger partial charge in [-0.1, -0.05) is 65.1 Å². The Labute approximate surface area is 223 Å². The third-order valence-electron chi connectivity index (χ3n) is 6.67. The van der Waals surface area contributed by atoms with Gasteiger partial charge in [0.2, 0.25) is 12.4 Å². The number of aliphatic hydroxyl groups excluding tert-OH is 1. The summed E-state index contributed by atoms with van der Waals surface area (Å²) in [5.74, 6) is -4.01. The number of hydrogen-bond donors (Lipinski definition) is 2. The van der Waals surface area contributed by atoms with Crippen molar-refractivity contribution in [3.63, 3.8) is 0 Å². The zero-order valence-electron chi connectivity index (χ0n) is 20.0. The third-order valence-corrected chi connectivity index (χ3v) is 7.19. The second-order valence-electron chi connectivity index (χ2n) is 8.90. The molecule has 1 aromatic carbocycles. The quantitative estimate of drug-likeness (QED) is 0.375. The molecule has 2 fully saturated rings. The first kappa shape index (κ1) is 28.9. The molecule has 0 bridgehead atoms. The number of halogens is 3. The molecule has 1 saturated carbocycles. The van der Waals surface area contributed by atoms with Crippen molar-refractivity contribution in [2.24, 2.45) is 5.92 Å². The molecule has 2 aliphatic rings. The molecule has 2 N–H and O–H groups in total. The number of rotatable bonds is 7. The number of nitrogens with one attached hydrogen (secondary N) is 1. The number of carbonyl (C=O) groups excluding carboxylic acids is 3. The summed E-state index contributed by atoms with van der Waals surface area (Å²) in [6, 6.07) is 8.96. The average molecular weight is 569 g/mol. The molecule has 36 heavy (non-hydrogen) atoms. The smallest absolute Gasteiger partial charge is 0.352 e. The van der Waals surface area contributed by atoms with Crippen molar-refractivity contribution in [1.82, 2.24) is 5.32 Å².